The van der Waals surface area contributed by atoms with Crippen LogP contribution in [0.3, 0.4) is 0 Å². The number of hydrogen-bond acceptors (Lipinski definition) is 5. The summed E-state index contributed by atoms with van der Waals surface area (Å²) in [5.74, 6) is 0.631. The van der Waals surface area contributed by atoms with Gasteiger partial charge in [0.1, 0.15) is 16.5 Å². The average Bonchev–Trinajstić information content (AvgIpc) is 2.96. The van der Waals surface area contributed by atoms with E-state index in [0.29, 0.717) is 17.9 Å². The maximum absolute atomic E-state index is 12.6. The third-order valence-electron chi connectivity index (χ3n) is 3.32. The molecule has 1 atom stereocenters. The predicted molar refractivity (Wildman–Crippen MR) is 78.4 cm³/mol. The lowest BCUT2D eigenvalue weighted by atomic mass is 9.99. The molecule has 2 aromatic rings. The first-order chi connectivity index (χ1) is 9.66. The Kier molecular flexibility index (Phi) is 3.54. The SMILES string of the molecule is CC(N)c1nc(C(=O)c2cccc3c2OCCC3)cs1. The quantitative estimate of drug-likeness (QED) is 0.882. The number of hydrogen-bond donors (Lipinski definition) is 1. The molecule has 5 heteroatoms. The number of ether oxygens (including phenoxy) is 1. The van der Waals surface area contributed by atoms with E-state index in [2.05, 4.69) is 4.98 Å². The maximum atomic E-state index is 12.6. The van der Waals surface area contributed by atoms with E-state index in [1.807, 2.05) is 19.1 Å². The van der Waals surface area contributed by atoms with E-state index >= 15 is 0 Å². The molecule has 0 aliphatic carbocycles. The van der Waals surface area contributed by atoms with E-state index < -0.39 is 0 Å². The molecule has 1 aromatic carbocycles. The van der Waals surface area contributed by atoms with Crippen molar-refractivity contribution in [2.75, 3.05) is 6.61 Å². The highest BCUT2D eigenvalue weighted by molar-refractivity contribution is 7.09. The zero-order valence-electron chi connectivity index (χ0n) is 11.3. The largest absolute Gasteiger partial charge is 0.493 e. The Morgan fingerprint density at radius 1 is 1.50 bits per heavy atom. The van der Waals surface area contributed by atoms with Crippen molar-refractivity contribution in [2.24, 2.45) is 5.73 Å². The lowest BCUT2D eigenvalue weighted by molar-refractivity contribution is 0.103. The van der Waals surface area contributed by atoms with Crippen LogP contribution in [-0.2, 0) is 6.42 Å². The summed E-state index contributed by atoms with van der Waals surface area (Å²) in [6.45, 7) is 2.53. The molecule has 1 aliphatic heterocycles. The fraction of sp³-hybridized carbons (Fsp3) is 0.333. The fourth-order valence-electron chi connectivity index (χ4n) is 2.31. The number of ketones is 1. The molecular formula is C15H16N2O2S. The van der Waals surface area contributed by atoms with Gasteiger partial charge in [-0.25, -0.2) is 4.98 Å². The van der Waals surface area contributed by atoms with Gasteiger partial charge < -0.3 is 10.5 Å². The number of fused-ring (bicyclic) bond motifs is 1. The first-order valence-electron chi connectivity index (χ1n) is 6.67. The van der Waals surface area contributed by atoms with E-state index in [1.54, 1.807) is 11.4 Å². The summed E-state index contributed by atoms with van der Waals surface area (Å²) in [4.78, 5) is 16.9. The number of thiazole rings is 1. The van der Waals surface area contributed by atoms with Gasteiger partial charge in [-0.3, -0.25) is 4.79 Å². The Bertz CT molecular complexity index is 649. The van der Waals surface area contributed by atoms with Crippen LogP contribution in [0, 0.1) is 0 Å². The number of aromatic nitrogens is 1. The van der Waals surface area contributed by atoms with Gasteiger partial charge in [-0.1, -0.05) is 12.1 Å². The Labute approximate surface area is 121 Å². The van der Waals surface area contributed by atoms with E-state index in [-0.39, 0.29) is 11.8 Å². The van der Waals surface area contributed by atoms with Gasteiger partial charge in [0.25, 0.3) is 0 Å². The molecule has 0 radical (unpaired) electrons. The van der Waals surface area contributed by atoms with Crippen LogP contribution in [0.5, 0.6) is 5.75 Å². The average molecular weight is 288 g/mol. The molecule has 1 aromatic heterocycles. The summed E-state index contributed by atoms with van der Waals surface area (Å²) in [5.41, 5.74) is 7.94. The minimum Gasteiger partial charge on any atom is -0.493 e. The fourth-order valence-corrected chi connectivity index (χ4v) is 3.06. The van der Waals surface area contributed by atoms with Gasteiger partial charge in [-0.05, 0) is 31.4 Å². The van der Waals surface area contributed by atoms with Crippen LogP contribution in [0.1, 0.15) is 46.0 Å². The minimum atomic E-state index is -0.150. The van der Waals surface area contributed by atoms with Crippen LogP contribution in [0.15, 0.2) is 23.6 Å². The molecule has 0 fully saturated rings. The van der Waals surface area contributed by atoms with Crippen molar-refractivity contribution in [1.29, 1.82) is 0 Å². The van der Waals surface area contributed by atoms with Gasteiger partial charge in [-0.2, -0.15) is 0 Å². The summed E-state index contributed by atoms with van der Waals surface area (Å²) in [6, 6.07) is 5.57. The van der Waals surface area contributed by atoms with Crippen LogP contribution in [0.2, 0.25) is 0 Å². The first kappa shape index (κ1) is 13.3. The number of benzene rings is 1. The van der Waals surface area contributed by atoms with Crippen LogP contribution in [-0.4, -0.2) is 17.4 Å². The molecule has 4 nitrogen and oxygen atoms in total. The summed E-state index contributed by atoms with van der Waals surface area (Å²) < 4.78 is 5.68. The summed E-state index contributed by atoms with van der Waals surface area (Å²) in [5, 5.41) is 2.54. The lowest BCUT2D eigenvalue weighted by Gasteiger charge is -2.19. The van der Waals surface area contributed by atoms with Gasteiger partial charge >= 0.3 is 0 Å². The molecule has 0 amide bonds. The summed E-state index contributed by atoms with van der Waals surface area (Å²) in [6.07, 6.45) is 1.95. The second-order valence-electron chi connectivity index (χ2n) is 4.93. The lowest BCUT2D eigenvalue weighted by Crippen LogP contribution is -2.14. The highest BCUT2D eigenvalue weighted by Gasteiger charge is 2.22. The van der Waals surface area contributed by atoms with Crippen molar-refractivity contribution >= 4 is 17.1 Å². The number of nitrogens with zero attached hydrogens (tertiary/aromatic N) is 1. The normalized spacial score (nSPS) is 15.3. The molecule has 2 heterocycles. The number of carbonyl (C=O) groups excluding carboxylic acids is 1. The van der Waals surface area contributed by atoms with E-state index in [1.165, 1.54) is 11.3 Å². The van der Waals surface area contributed by atoms with Crippen molar-refractivity contribution in [3.05, 3.63) is 45.4 Å². The highest BCUT2D eigenvalue weighted by atomic mass is 32.1. The minimum absolute atomic E-state index is 0.0908. The van der Waals surface area contributed by atoms with Crippen molar-refractivity contribution < 1.29 is 9.53 Å². The molecule has 104 valence electrons. The molecule has 0 bridgehead atoms. The Balaban J connectivity index is 1.98. The molecule has 1 aliphatic rings. The number of nitrogens with two attached hydrogens (primary N) is 1. The molecule has 0 saturated carbocycles. The maximum Gasteiger partial charge on any atom is 0.215 e. The number of rotatable bonds is 3. The zero-order chi connectivity index (χ0) is 14.1. The Morgan fingerprint density at radius 3 is 3.10 bits per heavy atom. The molecule has 3 rings (SSSR count). The van der Waals surface area contributed by atoms with Crippen molar-refractivity contribution in [1.82, 2.24) is 4.98 Å². The van der Waals surface area contributed by atoms with Crippen LogP contribution >= 0.6 is 11.3 Å². The number of aryl methyl sites for hydroxylation is 1. The smallest absolute Gasteiger partial charge is 0.215 e. The van der Waals surface area contributed by atoms with Crippen LogP contribution in [0.25, 0.3) is 0 Å². The Morgan fingerprint density at radius 2 is 2.35 bits per heavy atom. The molecule has 1 unspecified atom stereocenters. The summed E-state index contributed by atoms with van der Waals surface area (Å²) in [7, 11) is 0. The van der Waals surface area contributed by atoms with Crippen molar-refractivity contribution in [3.8, 4) is 5.75 Å². The van der Waals surface area contributed by atoms with Gasteiger partial charge in [-0.15, -0.1) is 11.3 Å². The van der Waals surface area contributed by atoms with Gasteiger partial charge in [0.15, 0.2) is 0 Å². The highest BCUT2D eigenvalue weighted by Crippen LogP contribution is 2.31. The predicted octanol–water partition coefficient (Wildman–Crippen LogP) is 2.72. The monoisotopic (exact) mass is 288 g/mol. The van der Waals surface area contributed by atoms with E-state index in [0.717, 1.165) is 29.2 Å². The van der Waals surface area contributed by atoms with Gasteiger partial charge in [0, 0.05) is 5.38 Å². The van der Waals surface area contributed by atoms with E-state index in [9.17, 15) is 4.79 Å². The van der Waals surface area contributed by atoms with Gasteiger partial charge in [0.05, 0.1) is 18.2 Å². The third kappa shape index (κ3) is 2.34. The number of para-hydroxylation sites is 1. The zero-order valence-corrected chi connectivity index (χ0v) is 12.1. The topological polar surface area (TPSA) is 65.2 Å². The number of carbonyl (C=O) groups is 1. The van der Waals surface area contributed by atoms with Gasteiger partial charge in [0.2, 0.25) is 5.78 Å². The standard InChI is InChI=1S/C15H16N2O2S/c1-9(16)15-17-12(8-20-15)13(18)11-6-2-4-10-5-3-7-19-14(10)11/h2,4,6,8-9H,3,5,7,16H2,1H3. The molecular weight excluding hydrogens is 272 g/mol. The third-order valence-corrected chi connectivity index (χ3v) is 4.37. The van der Waals surface area contributed by atoms with Crippen molar-refractivity contribution in [3.63, 3.8) is 0 Å². The molecule has 0 saturated heterocycles. The van der Waals surface area contributed by atoms with Crippen LogP contribution < -0.4 is 10.5 Å². The molecule has 2 N–H and O–H groups in total. The second kappa shape index (κ2) is 5.34. The van der Waals surface area contributed by atoms with Crippen molar-refractivity contribution in [2.45, 2.75) is 25.8 Å². The molecule has 0 spiro atoms. The first-order valence-corrected chi connectivity index (χ1v) is 7.55. The molecule has 20 heavy (non-hydrogen) atoms. The van der Waals surface area contributed by atoms with E-state index in [4.69, 9.17) is 10.5 Å². The summed E-state index contributed by atoms with van der Waals surface area (Å²) >= 11 is 1.42. The second-order valence-corrected chi connectivity index (χ2v) is 5.82. The Hall–Kier alpha value is -1.72. The van der Waals surface area contributed by atoms with Crippen LogP contribution in [0.4, 0.5) is 0 Å².